The number of hydrogen-bond acceptors (Lipinski definition) is 4. The van der Waals surface area contributed by atoms with Crippen LogP contribution in [0.4, 0.5) is 8.78 Å². The number of rotatable bonds is 7. The van der Waals surface area contributed by atoms with Crippen molar-refractivity contribution in [2.24, 2.45) is 0 Å². The van der Waals surface area contributed by atoms with Crippen LogP contribution in [0.5, 0.6) is 0 Å². The average molecular weight is 272 g/mol. The molecule has 0 amide bonds. The van der Waals surface area contributed by atoms with Crippen LogP contribution >= 0.6 is 0 Å². The second kappa shape index (κ2) is 6.28. The second-order valence-electron chi connectivity index (χ2n) is 4.08. The lowest BCUT2D eigenvalue weighted by Gasteiger charge is -2.22. The minimum Gasteiger partial charge on any atom is -0.465 e. The highest BCUT2D eigenvalue weighted by Crippen LogP contribution is 2.21. The molecule has 0 aliphatic carbocycles. The molecule has 0 fully saturated rings. The molecule has 0 bridgehead atoms. The van der Waals surface area contributed by atoms with Crippen LogP contribution in [0.2, 0.25) is 0 Å². The van der Waals surface area contributed by atoms with E-state index in [1.165, 1.54) is 13.8 Å². The Labute approximate surface area is 100 Å². The fourth-order valence-corrected chi connectivity index (χ4v) is 2.48. The molecule has 7 heteroatoms. The summed E-state index contributed by atoms with van der Waals surface area (Å²) in [5.74, 6) is -1.29. The smallest absolute Gasteiger partial charge is 0.326 e. The Morgan fingerprint density at radius 3 is 2.29 bits per heavy atom. The molecule has 0 aliphatic rings. The summed E-state index contributed by atoms with van der Waals surface area (Å²) in [5, 5.41) is 0. The standard InChI is InChI=1S/C10H18F2O4S/c1-4-16-9(13)10(2,3)17(14,15)7-5-6-8(11)12/h8H,4-7H2,1-3H3. The van der Waals surface area contributed by atoms with Gasteiger partial charge in [0.15, 0.2) is 14.6 Å². The first kappa shape index (κ1) is 16.3. The van der Waals surface area contributed by atoms with E-state index >= 15 is 0 Å². The zero-order chi connectivity index (χ0) is 13.7. The lowest BCUT2D eigenvalue weighted by Crippen LogP contribution is -2.43. The molecular weight excluding hydrogens is 254 g/mol. The quantitative estimate of drug-likeness (QED) is 0.663. The number of sulfone groups is 1. The zero-order valence-electron chi connectivity index (χ0n) is 10.2. The van der Waals surface area contributed by atoms with E-state index in [0.29, 0.717) is 0 Å². The number of esters is 1. The third-order valence-electron chi connectivity index (χ3n) is 2.38. The second-order valence-corrected chi connectivity index (χ2v) is 6.74. The van der Waals surface area contributed by atoms with Crippen molar-refractivity contribution in [2.45, 2.75) is 44.8 Å². The summed E-state index contributed by atoms with van der Waals surface area (Å²) in [6, 6.07) is 0. The summed E-state index contributed by atoms with van der Waals surface area (Å²) in [7, 11) is -3.78. The van der Waals surface area contributed by atoms with Gasteiger partial charge in [0.05, 0.1) is 12.4 Å². The minimum atomic E-state index is -3.78. The number of alkyl halides is 2. The SMILES string of the molecule is CCOC(=O)C(C)(C)S(=O)(=O)CCCC(F)F. The number of halogens is 2. The van der Waals surface area contributed by atoms with E-state index in [4.69, 9.17) is 0 Å². The van der Waals surface area contributed by atoms with Crippen molar-refractivity contribution in [3.8, 4) is 0 Å². The van der Waals surface area contributed by atoms with Gasteiger partial charge >= 0.3 is 5.97 Å². The Balaban J connectivity index is 4.62. The average Bonchev–Trinajstić information content (AvgIpc) is 2.16. The Morgan fingerprint density at radius 2 is 1.88 bits per heavy atom. The van der Waals surface area contributed by atoms with Crippen molar-refractivity contribution in [1.82, 2.24) is 0 Å². The molecule has 0 rings (SSSR count). The van der Waals surface area contributed by atoms with Gasteiger partial charge in [0, 0.05) is 6.42 Å². The van der Waals surface area contributed by atoms with E-state index in [2.05, 4.69) is 4.74 Å². The first-order valence-electron chi connectivity index (χ1n) is 5.32. The summed E-state index contributed by atoms with van der Waals surface area (Å²) in [5.41, 5.74) is 0. The summed E-state index contributed by atoms with van der Waals surface area (Å²) < 4.78 is 50.4. The highest BCUT2D eigenvalue weighted by atomic mass is 32.2. The summed E-state index contributed by atoms with van der Waals surface area (Å²) in [6.07, 6.45) is -3.18. The minimum absolute atomic E-state index is 0.0782. The third kappa shape index (κ3) is 4.57. The molecule has 0 atom stereocenters. The fraction of sp³-hybridized carbons (Fsp3) is 0.900. The van der Waals surface area contributed by atoms with Crippen LogP contribution in [0.25, 0.3) is 0 Å². The Hall–Kier alpha value is -0.720. The molecule has 4 nitrogen and oxygen atoms in total. The molecule has 0 aromatic heterocycles. The van der Waals surface area contributed by atoms with E-state index in [9.17, 15) is 22.0 Å². The molecule has 102 valence electrons. The van der Waals surface area contributed by atoms with Crippen LogP contribution in [0.1, 0.15) is 33.6 Å². The summed E-state index contributed by atoms with van der Waals surface area (Å²) in [6.45, 7) is 4.09. The predicted molar refractivity (Wildman–Crippen MR) is 59.7 cm³/mol. The van der Waals surface area contributed by atoms with Crippen LogP contribution in [0.15, 0.2) is 0 Å². The van der Waals surface area contributed by atoms with Gasteiger partial charge in [0.2, 0.25) is 6.43 Å². The highest BCUT2D eigenvalue weighted by Gasteiger charge is 2.42. The Morgan fingerprint density at radius 1 is 1.35 bits per heavy atom. The van der Waals surface area contributed by atoms with E-state index in [1.54, 1.807) is 6.92 Å². The molecule has 0 saturated heterocycles. The molecule has 17 heavy (non-hydrogen) atoms. The lowest BCUT2D eigenvalue weighted by atomic mass is 10.2. The fourth-order valence-electron chi connectivity index (χ4n) is 1.11. The summed E-state index contributed by atoms with van der Waals surface area (Å²) in [4.78, 5) is 11.5. The van der Waals surface area contributed by atoms with E-state index in [1.807, 2.05) is 0 Å². The van der Waals surface area contributed by atoms with Crippen molar-refractivity contribution in [1.29, 1.82) is 0 Å². The van der Waals surface area contributed by atoms with Gasteiger partial charge in [0.25, 0.3) is 0 Å². The van der Waals surface area contributed by atoms with Crippen molar-refractivity contribution in [3.63, 3.8) is 0 Å². The topological polar surface area (TPSA) is 60.4 Å². The molecule has 0 unspecified atom stereocenters. The predicted octanol–water partition coefficient (Wildman–Crippen LogP) is 1.79. The maximum absolute atomic E-state index is 11.9. The zero-order valence-corrected chi connectivity index (χ0v) is 11.0. The molecule has 0 aromatic rings. The number of carbonyl (C=O) groups is 1. The first-order valence-corrected chi connectivity index (χ1v) is 6.98. The molecule has 0 spiro atoms. The van der Waals surface area contributed by atoms with Crippen molar-refractivity contribution in [3.05, 3.63) is 0 Å². The van der Waals surface area contributed by atoms with Gasteiger partial charge in [-0.15, -0.1) is 0 Å². The van der Waals surface area contributed by atoms with Gasteiger partial charge < -0.3 is 4.74 Å². The third-order valence-corrected chi connectivity index (χ3v) is 4.93. The van der Waals surface area contributed by atoms with Crippen molar-refractivity contribution in [2.75, 3.05) is 12.4 Å². The summed E-state index contributed by atoms with van der Waals surface area (Å²) >= 11 is 0. The van der Waals surface area contributed by atoms with Gasteiger partial charge in [-0.25, -0.2) is 17.2 Å². The van der Waals surface area contributed by atoms with Gasteiger partial charge in [-0.1, -0.05) is 0 Å². The number of ether oxygens (including phenoxy) is 1. The Kier molecular flexibility index (Phi) is 6.01. The van der Waals surface area contributed by atoms with Crippen LogP contribution < -0.4 is 0 Å². The maximum Gasteiger partial charge on any atom is 0.326 e. The maximum atomic E-state index is 11.9. The number of hydrogen-bond donors (Lipinski definition) is 0. The highest BCUT2D eigenvalue weighted by molar-refractivity contribution is 7.93. The molecule has 0 saturated carbocycles. The molecule has 0 radical (unpaired) electrons. The lowest BCUT2D eigenvalue weighted by molar-refractivity contribution is -0.145. The van der Waals surface area contributed by atoms with E-state index in [-0.39, 0.29) is 13.0 Å². The van der Waals surface area contributed by atoms with Gasteiger partial charge in [0.1, 0.15) is 0 Å². The van der Waals surface area contributed by atoms with Crippen LogP contribution in [0.3, 0.4) is 0 Å². The van der Waals surface area contributed by atoms with Gasteiger partial charge in [-0.05, 0) is 27.2 Å². The largest absolute Gasteiger partial charge is 0.465 e. The molecule has 0 aromatic carbocycles. The van der Waals surface area contributed by atoms with Crippen LogP contribution in [-0.2, 0) is 19.4 Å². The normalized spacial score (nSPS) is 12.8. The van der Waals surface area contributed by atoms with Gasteiger partial charge in [-0.3, -0.25) is 4.79 Å². The molecular formula is C10H18F2O4S. The monoisotopic (exact) mass is 272 g/mol. The van der Waals surface area contributed by atoms with Gasteiger partial charge in [-0.2, -0.15) is 0 Å². The van der Waals surface area contributed by atoms with E-state index < -0.39 is 39.2 Å². The van der Waals surface area contributed by atoms with Crippen LogP contribution in [0, 0.1) is 0 Å². The van der Waals surface area contributed by atoms with Crippen LogP contribution in [-0.4, -0.2) is 37.9 Å². The molecule has 0 heterocycles. The number of carbonyl (C=O) groups excluding carboxylic acids is 1. The molecule has 0 aliphatic heterocycles. The Bertz CT molecular complexity index is 349. The van der Waals surface area contributed by atoms with Crippen molar-refractivity contribution >= 4 is 15.8 Å². The molecule has 0 N–H and O–H groups in total. The van der Waals surface area contributed by atoms with Crippen molar-refractivity contribution < 1.29 is 26.7 Å². The first-order chi connectivity index (χ1) is 7.65. The van der Waals surface area contributed by atoms with E-state index in [0.717, 1.165) is 0 Å².